The normalized spacial score (nSPS) is 11.6. The van der Waals surface area contributed by atoms with Crippen LogP contribution in [0.1, 0.15) is 41.5 Å². The number of rotatable bonds is 6. The van der Waals surface area contributed by atoms with Gasteiger partial charge in [-0.15, -0.1) is 0 Å². The Hall–Kier alpha value is -2.72. The highest BCUT2D eigenvalue weighted by Crippen LogP contribution is 2.34. The smallest absolute Gasteiger partial charge is 0.276 e. The summed E-state index contributed by atoms with van der Waals surface area (Å²) in [6.07, 6.45) is 1.46. The number of benzene rings is 1. The van der Waals surface area contributed by atoms with Crippen LogP contribution >= 0.6 is 11.3 Å². The van der Waals surface area contributed by atoms with E-state index < -0.39 is 33.1 Å². The van der Waals surface area contributed by atoms with Crippen molar-refractivity contribution in [3.8, 4) is 0 Å². The van der Waals surface area contributed by atoms with E-state index in [1.54, 1.807) is 26.0 Å². The molecule has 1 aromatic carbocycles. The predicted octanol–water partition coefficient (Wildman–Crippen LogP) is 4.17. The van der Waals surface area contributed by atoms with E-state index in [-0.39, 0.29) is 32.2 Å². The zero-order valence-electron chi connectivity index (χ0n) is 15.5. The SMILES string of the molecule is CC(C)c1nc(NC(=O)c2ccccn2)sc1S(=O)(=O)Cc1ccc(F)cc1F. The fraction of sp³-hybridized carbons (Fsp3) is 0.211. The Labute approximate surface area is 170 Å². The van der Waals surface area contributed by atoms with E-state index in [0.29, 0.717) is 6.07 Å². The quantitative estimate of drug-likeness (QED) is 0.625. The highest BCUT2D eigenvalue weighted by Gasteiger charge is 2.28. The molecule has 152 valence electrons. The molecule has 3 rings (SSSR count). The third-order valence-corrected chi connectivity index (χ3v) is 7.19. The van der Waals surface area contributed by atoms with Crippen LogP contribution in [0, 0.1) is 11.6 Å². The molecular formula is C19H17F2N3O3S2. The number of thiazole rings is 1. The molecule has 0 bridgehead atoms. The van der Waals surface area contributed by atoms with Crippen molar-refractivity contribution in [1.29, 1.82) is 0 Å². The molecule has 2 aromatic heterocycles. The molecule has 0 unspecified atom stereocenters. The monoisotopic (exact) mass is 437 g/mol. The van der Waals surface area contributed by atoms with E-state index in [0.717, 1.165) is 23.5 Å². The highest BCUT2D eigenvalue weighted by atomic mass is 32.2. The van der Waals surface area contributed by atoms with Gasteiger partial charge < -0.3 is 0 Å². The van der Waals surface area contributed by atoms with Gasteiger partial charge in [-0.05, 0) is 24.1 Å². The topological polar surface area (TPSA) is 89.0 Å². The first kappa shape index (κ1) is 21.0. The lowest BCUT2D eigenvalue weighted by Gasteiger charge is -2.07. The summed E-state index contributed by atoms with van der Waals surface area (Å²) in [5.74, 6) is -3.15. The van der Waals surface area contributed by atoms with Crippen LogP contribution in [0.15, 0.2) is 46.8 Å². The zero-order valence-corrected chi connectivity index (χ0v) is 17.2. The molecule has 0 fully saturated rings. The van der Waals surface area contributed by atoms with E-state index >= 15 is 0 Å². The van der Waals surface area contributed by atoms with Gasteiger partial charge in [0, 0.05) is 17.8 Å². The molecule has 0 radical (unpaired) electrons. The van der Waals surface area contributed by atoms with E-state index in [1.165, 1.54) is 12.3 Å². The summed E-state index contributed by atoms with van der Waals surface area (Å²) < 4.78 is 52.8. The lowest BCUT2D eigenvalue weighted by molar-refractivity contribution is 0.102. The second-order valence-electron chi connectivity index (χ2n) is 6.51. The number of carbonyl (C=O) groups is 1. The Morgan fingerprint density at radius 3 is 2.59 bits per heavy atom. The summed E-state index contributed by atoms with van der Waals surface area (Å²) in [6.45, 7) is 3.52. The van der Waals surface area contributed by atoms with Crippen LogP contribution in [0.25, 0.3) is 0 Å². The number of amides is 1. The van der Waals surface area contributed by atoms with E-state index in [9.17, 15) is 22.0 Å². The maximum atomic E-state index is 13.9. The highest BCUT2D eigenvalue weighted by molar-refractivity contribution is 7.92. The number of nitrogens with zero attached hydrogens (tertiary/aromatic N) is 2. The molecule has 0 aliphatic rings. The van der Waals surface area contributed by atoms with Crippen LogP contribution in [0.5, 0.6) is 0 Å². The Kier molecular flexibility index (Phi) is 6.04. The van der Waals surface area contributed by atoms with E-state index in [1.807, 2.05) is 0 Å². The fourth-order valence-electron chi connectivity index (χ4n) is 2.53. The van der Waals surface area contributed by atoms with Gasteiger partial charge >= 0.3 is 0 Å². The number of hydrogen-bond donors (Lipinski definition) is 1. The van der Waals surface area contributed by atoms with Crippen molar-refractivity contribution in [1.82, 2.24) is 9.97 Å². The lowest BCUT2D eigenvalue weighted by atomic mass is 10.2. The number of sulfone groups is 1. The standard InChI is InChI=1S/C19H17F2N3O3S2/c1-11(2)16-18(29(26,27)10-12-6-7-13(20)9-14(12)21)28-19(23-16)24-17(25)15-5-3-4-8-22-15/h3-9,11H,10H2,1-2H3,(H,23,24,25). The number of nitrogens with one attached hydrogen (secondary N) is 1. The first-order valence-corrected chi connectivity index (χ1v) is 11.0. The molecule has 0 aliphatic heterocycles. The van der Waals surface area contributed by atoms with Crippen molar-refractivity contribution >= 4 is 32.2 Å². The zero-order chi connectivity index (χ0) is 21.2. The Bertz CT molecular complexity index is 1150. The van der Waals surface area contributed by atoms with Gasteiger partial charge in [0.25, 0.3) is 5.91 Å². The van der Waals surface area contributed by atoms with Crippen LogP contribution in [-0.4, -0.2) is 24.3 Å². The first-order chi connectivity index (χ1) is 13.7. The van der Waals surface area contributed by atoms with E-state index in [2.05, 4.69) is 15.3 Å². The number of anilines is 1. The molecule has 0 aliphatic carbocycles. The van der Waals surface area contributed by atoms with Crippen molar-refractivity contribution in [3.63, 3.8) is 0 Å². The molecule has 0 saturated carbocycles. The van der Waals surface area contributed by atoms with Gasteiger partial charge in [-0.3, -0.25) is 15.1 Å². The van der Waals surface area contributed by atoms with Gasteiger partial charge in [0.2, 0.25) is 0 Å². The Morgan fingerprint density at radius 1 is 1.21 bits per heavy atom. The summed E-state index contributed by atoms with van der Waals surface area (Å²) >= 11 is 0.791. The predicted molar refractivity (Wildman–Crippen MR) is 106 cm³/mol. The maximum Gasteiger partial charge on any atom is 0.276 e. The molecule has 0 atom stereocenters. The van der Waals surface area contributed by atoms with Crippen molar-refractivity contribution in [3.05, 3.63) is 71.2 Å². The summed E-state index contributed by atoms with van der Waals surface area (Å²) in [5, 5.41) is 2.65. The average Bonchev–Trinajstić information content (AvgIpc) is 3.10. The second-order valence-corrected chi connectivity index (χ2v) is 9.69. The van der Waals surface area contributed by atoms with Crippen LogP contribution in [-0.2, 0) is 15.6 Å². The Balaban J connectivity index is 1.92. The summed E-state index contributed by atoms with van der Waals surface area (Å²) in [5.41, 5.74) is 0.286. The van der Waals surface area contributed by atoms with Gasteiger partial charge in [-0.2, -0.15) is 0 Å². The minimum atomic E-state index is -3.98. The largest absolute Gasteiger partial charge is 0.296 e. The van der Waals surface area contributed by atoms with Gasteiger partial charge in [-0.1, -0.05) is 37.3 Å². The number of aromatic nitrogens is 2. The van der Waals surface area contributed by atoms with Crippen molar-refractivity contribution in [2.45, 2.75) is 29.7 Å². The number of halogens is 2. The average molecular weight is 437 g/mol. The molecule has 29 heavy (non-hydrogen) atoms. The number of pyridine rings is 1. The van der Waals surface area contributed by atoms with Crippen LogP contribution in [0.3, 0.4) is 0 Å². The lowest BCUT2D eigenvalue weighted by Crippen LogP contribution is -2.13. The summed E-state index contributed by atoms with van der Waals surface area (Å²) in [7, 11) is -3.98. The third kappa shape index (κ3) is 4.83. The molecular weight excluding hydrogens is 420 g/mol. The number of carbonyl (C=O) groups excluding carboxylic acids is 1. The Morgan fingerprint density at radius 2 is 1.97 bits per heavy atom. The molecule has 10 heteroatoms. The minimum absolute atomic E-state index is 0.0625. The molecule has 6 nitrogen and oxygen atoms in total. The first-order valence-electron chi connectivity index (χ1n) is 8.57. The van der Waals surface area contributed by atoms with Crippen LogP contribution < -0.4 is 5.32 Å². The minimum Gasteiger partial charge on any atom is -0.296 e. The molecule has 3 aromatic rings. The van der Waals surface area contributed by atoms with Crippen molar-refractivity contribution in [2.75, 3.05) is 5.32 Å². The third-order valence-electron chi connectivity index (χ3n) is 3.93. The van der Waals surface area contributed by atoms with Gasteiger partial charge in [0.15, 0.2) is 15.0 Å². The van der Waals surface area contributed by atoms with Crippen LogP contribution in [0.4, 0.5) is 13.9 Å². The summed E-state index contributed by atoms with van der Waals surface area (Å²) in [6, 6.07) is 7.57. The molecule has 0 saturated heterocycles. The molecule has 0 spiro atoms. The fourth-order valence-corrected chi connectivity index (χ4v) is 5.67. The van der Waals surface area contributed by atoms with Crippen molar-refractivity contribution in [2.24, 2.45) is 0 Å². The second kappa shape index (κ2) is 8.34. The summed E-state index contributed by atoms with van der Waals surface area (Å²) in [4.78, 5) is 20.5. The van der Waals surface area contributed by atoms with Gasteiger partial charge in [-0.25, -0.2) is 22.2 Å². The number of hydrogen-bond acceptors (Lipinski definition) is 6. The van der Waals surface area contributed by atoms with Gasteiger partial charge in [0.05, 0.1) is 11.4 Å². The van der Waals surface area contributed by atoms with E-state index in [4.69, 9.17) is 0 Å². The van der Waals surface area contributed by atoms with Gasteiger partial charge in [0.1, 0.15) is 21.5 Å². The van der Waals surface area contributed by atoms with Crippen molar-refractivity contribution < 1.29 is 22.0 Å². The maximum absolute atomic E-state index is 13.9. The van der Waals surface area contributed by atoms with Crippen LogP contribution in [0.2, 0.25) is 0 Å². The molecule has 2 heterocycles. The molecule has 1 N–H and O–H groups in total. The molecule has 1 amide bonds.